The van der Waals surface area contributed by atoms with E-state index in [1.54, 1.807) is 18.2 Å². The second-order valence-corrected chi connectivity index (χ2v) is 4.02. The topological polar surface area (TPSA) is 27.1 Å². The highest BCUT2D eigenvalue weighted by Gasteiger charge is 2.08. The van der Waals surface area contributed by atoms with Gasteiger partial charge in [0.25, 0.3) is 0 Å². The van der Waals surface area contributed by atoms with Crippen LogP contribution in [0.1, 0.15) is 25.2 Å². The molecule has 1 aromatic carbocycles. The van der Waals surface area contributed by atoms with E-state index < -0.39 is 0 Å². The quantitative estimate of drug-likeness (QED) is 0.812. The maximum absolute atomic E-state index is 13.4. The Balaban J connectivity index is 2.10. The lowest BCUT2D eigenvalue weighted by atomic mass is 10.3. The fourth-order valence-corrected chi connectivity index (χ4v) is 1.79. The first kappa shape index (κ1) is 12.6. The van der Waals surface area contributed by atoms with Crippen molar-refractivity contribution in [2.45, 2.75) is 33.4 Å². The van der Waals surface area contributed by atoms with Crippen molar-refractivity contribution in [2.75, 3.05) is 0 Å². The second kappa shape index (κ2) is 5.67. The van der Waals surface area contributed by atoms with Crippen molar-refractivity contribution < 1.29 is 9.13 Å². The highest BCUT2D eigenvalue weighted by molar-refractivity contribution is 5.24. The second-order valence-electron chi connectivity index (χ2n) is 4.02. The molecule has 18 heavy (non-hydrogen) atoms. The molecule has 0 amide bonds. The molecule has 0 spiro atoms. The van der Waals surface area contributed by atoms with Crippen LogP contribution in [0.15, 0.2) is 30.3 Å². The fraction of sp³-hybridized carbons (Fsp3) is 0.357. The van der Waals surface area contributed by atoms with Gasteiger partial charge in [-0.25, -0.2) is 4.39 Å². The van der Waals surface area contributed by atoms with Crippen LogP contribution in [0.25, 0.3) is 0 Å². The van der Waals surface area contributed by atoms with Crippen molar-refractivity contribution in [3.05, 3.63) is 47.5 Å². The maximum atomic E-state index is 13.4. The van der Waals surface area contributed by atoms with Gasteiger partial charge in [0.1, 0.15) is 6.61 Å². The van der Waals surface area contributed by atoms with Crippen LogP contribution in [0.4, 0.5) is 4.39 Å². The molecule has 0 N–H and O–H groups in total. The summed E-state index contributed by atoms with van der Waals surface area (Å²) in [6, 6.07) is 8.43. The molecular weight excluding hydrogens is 231 g/mol. The normalized spacial score (nSPS) is 10.6. The van der Waals surface area contributed by atoms with Gasteiger partial charge < -0.3 is 4.74 Å². The zero-order valence-electron chi connectivity index (χ0n) is 10.7. The van der Waals surface area contributed by atoms with Gasteiger partial charge in [0.15, 0.2) is 11.6 Å². The number of ether oxygens (including phenoxy) is 1. The summed E-state index contributed by atoms with van der Waals surface area (Å²) >= 11 is 0. The SMILES string of the molecule is CCc1cc(COc2ccccc2F)n(CC)n1. The molecule has 96 valence electrons. The minimum atomic E-state index is -0.337. The summed E-state index contributed by atoms with van der Waals surface area (Å²) in [5.41, 5.74) is 2.00. The molecule has 4 heteroatoms. The van der Waals surface area contributed by atoms with Gasteiger partial charge in [-0.05, 0) is 31.5 Å². The van der Waals surface area contributed by atoms with E-state index in [4.69, 9.17) is 4.74 Å². The molecule has 0 aliphatic rings. The van der Waals surface area contributed by atoms with Crippen LogP contribution in [0.2, 0.25) is 0 Å². The van der Waals surface area contributed by atoms with Gasteiger partial charge in [0.2, 0.25) is 0 Å². The van der Waals surface area contributed by atoms with Crippen LogP contribution < -0.4 is 4.74 Å². The number of para-hydroxylation sites is 1. The van der Waals surface area contributed by atoms with E-state index in [0.717, 1.165) is 24.4 Å². The van der Waals surface area contributed by atoms with Gasteiger partial charge in [0, 0.05) is 6.54 Å². The van der Waals surface area contributed by atoms with Crippen LogP contribution >= 0.6 is 0 Å². The van der Waals surface area contributed by atoms with Crippen molar-refractivity contribution in [1.82, 2.24) is 9.78 Å². The average Bonchev–Trinajstić information content (AvgIpc) is 2.80. The Labute approximate surface area is 106 Å². The average molecular weight is 248 g/mol. The molecule has 0 saturated carbocycles. The third kappa shape index (κ3) is 2.70. The third-order valence-corrected chi connectivity index (χ3v) is 2.79. The summed E-state index contributed by atoms with van der Waals surface area (Å²) in [5.74, 6) is -0.0600. The monoisotopic (exact) mass is 248 g/mol. The molecule has 0 unspecified atom stereocenters. The van der Waals surface area contributed by atoms with E-state index in [0.29, 0.717) is 6.61 Å². The van der Waals surface area contributed by atoms with E-state index >= 15 is 0 Å². The molecule has 2 aromatic rings. The number of halogens is 1. The first-order valence-corrected chi connectivity index (χ1v) is 6.17. The summed E-state index contributed by atoms with van der Waals surface area (Å²) in [5, 5.41) is 4.42. The lowest BCUT2D eigenvalue weighted by Crippen LogP contribution is -2.06. The van der Waals surface area contributed by atoms with Crippen LogP contribution in [0, 0.1) is 5.82 Å². The lowest BCUT2D eigenvalue weighted by molar-refractivity contribution is 0.278. The Morgan fingerprint density at radius 2 is 2.06 bits per heavy atom. The predicted octanol–water partition coefficient (Wildman–Crippen LogP) is 3.18. The standard InChI is InChI=1S/C14H17FN2O/c1-3-11-9-12(17(4-2)16-11)10-18-14-8-6-5-7-13(14)15/h5-9H,3-4,10H2,1-2H3. The molecule has 2 rings (SSSR count). The van der Waals surface area contributed by atoms with E-state index in [2.05, 4.69) is 12.0 Å². The van der Waals surface area contributed by atoms with Gasteiger partial charge in [-0.3, -0.25) is 4.68 Å². The van der Waals surface area contributed by atoms with Crippen LogP contribution in [0.5, 0.6) is 5.75 Å². The Morgan fingerprint density at radius 3 is 2.72 bits per heavy atom. The maximum Gasteiger partial charge on any atom is 0.165 e. The first-order valence-electron chi connectivity index (χ1n) is 6.17. The summed E-state index contributed by atoms with van der Waals surface area (Å²) in [4.78, 5) is 0. The Morgan fingerprint density at radius 1 is 1.28 bits per heavy atom. The van der Waals surface area contributed by atoms with E-state index in [1.165, 1.54) is 6.07 Å². The van der Waals surface area contributed by atoms with Crippen molar-refractivity contribution in [1.29, 1.82) is 0 Å². The number of aryl methyl sites for hydroxylation is 2. The third-order valence-electron chi connectivity index (χ3n) is 2.79. The zero-order valence-corrected chi connectivity index (χ0v) is 10.7. The van der Waals surface area contributed by atoms with Gasteiger partial charge in [-0.2, -0.15) is 5.10 Å². The number of aromatic nitrogens is 2. The van der Waals surface area contributed by atoms with Gasteiger partial charge in [0.05, 0.1) is 11.4 Å². The smallest absolute Gasteiger partial charge is 0.165 e. The molecule has 0 radical (unpaired) electrons. The van der Waals surface area contributed by atoms with Crippen LogP contribution in [-0.4, -0.2) is 9.78 Å². The molecule has 3 nitrogen and oxygen atoms in total. The van der Waals surface area contributed by atoms with E-state index in [9.17, 15) is 4.39 Å². The molecule has 0 fully saturated rings. The molecular formula is C14H17FN2O. The van der Waals surface area contributed by atoms with E-state index in [1.807, 2.05) is 17.7 Å². The summed E-state index contributed by atoms with van der Waals surface area (Å²) < 4.78 is 20.8. The van der Waals surface area contributed by atoms with Crippen molar-refractivity contribution >= 4 is 0 Å². The Kier molecular flexibility index (Phi) is 3.97. The predicted molar refractivity (Wildman–Crippen MR) is 68.0 cm³/mol. The number of rotatable bonds is 5. The minimum Gasteiger partial charge on any atom is -0.484 e. The fourth-order valence-electron chi connectivity index (χ4n) is 1.79. The summed E-state index contributed by atoms with van der Waals surface area (Å²) in [6.45, 7) is 5.21. The molecule has 0 aliphatic heterocycles. The minimum absolute atomic E-state index is 0.277. The van der Waals surface area contributed by atoms with Crippen molar-refractivity contribution in [3.8, 4) is 5.75 Å². The number of nitrogens with zero attached hydrogens (tertiary/aromatic N) is 2. The number of hydrogen-bond donors (Lipinski definition) is 0. The highest BCUT2D eigenvalue weighted by atomic mass is 19.1. The van der Waals surface area contributed by atoms with Crippen molar-refractivity contribution in [3.63, 3.8) is 0 Å². The first-order chi connectivity index (χ1) is 8.74. The van der Waals surface area contributed by atoms with Crippen molar-refractivity contribution in [2.24, 2.45) is 0 Å². The molecule has 0 aliphatic carbocycles. The number of benzene rings is 1. The molecule has 0 atom stereocenters. The van der Waals surface area contributed by atoms with Gasteiger partial charge >= 0.3 is 0 Å². The molecule has 1 heterocycles. The van der Waals surface area contributed by atoms with Crippen LogP contribution in [-0.2, 0) is 19.6 Å². The highest BCUT2D eigenvalue weighted by Crippen LogP contribution is 2.17. The lowest BCUT2D eigenvalue weighted by Gasteiger charge is -2.08. The van der Waals surface area contributed by atoms with E-state index in [-0.39, 0.29) is 11.6 Å². The van der Waals surface area contributed by atoms with Gasteiger partial charge in [-0.1, -0.05) is 19.1 Å². The Hall–Kier alpha value is -1.84. The number of hydrogen-bond acceptors (Lipinski definition) is 2. The summed E-state index contributed by atoms with van der Waals surface area (Å²) in [7, 11) is 0. The summed E-state index contributed by atoms with van der Waals surface area (Å²) in [6.07, 6.45) is 0.889. The molecule has 1 aromatic heterocycles. The van der Waals surface area contributed by atoms with Crippen LogP contribution in [0.3, 0.4) is 0 Å². The zero-order chi connectivity index (χ0) is 13.0. The molecule has 0 saturated heterocycles. The Bertz CT molecular complexity index is 522. The molecule has 0 bridgehead atoms. The largest absolute Gasteiger partial charge is 0.484 e. The van der Waals surface area contributed by atoms with Gasteiger partial charge in [-0.15, -0.1) is 0 Å².